The normalized spacial score (nSPS) is 12.4. The van der Waals surface area contributed by atoms with Crippen LogP contribution in [0.3, 0.4) is 0 Å². The fourth-order valence-corrected chi connectivity index (χ4v) is 2.69. The third kappa shape index (κ3) is 3.30. The number of rotatable bonds is 6. The van der Waals surface area contributed by atoms with Crippen molar-refractivity contribution in [3.63, 3.8) is 0 Å². The van der Waals surface area contributed by atoms with E-state index in [1.54, 1.807) is 18.4 Å². The van der Waals surface area contributed by atoms with E-state index >= 15 is 0 Å². The second-order valence-electron chi connectivity index (χ2n) is 4.32. The maximum atomic E-state index is 5.36. The number of nitrogens with zero attached hydrogens (tertiary/aromatic N) is 2. The van der Waals surface area contributed by atoms with E-state index in [1.807, 2.05) is 24.3 Å². The second-order valence-corrected chi connectivity index (χ2v) is 5.33. The maximum Gasteiger partial charge on any atom is 0.151 e. The van der Waals surface area contributed by atoms with E-state index < -0.39 is 0 Å². The number of ether oxygens (including phenoxy) is 1. The molecular weight excluding hydrogens is 258 g/mol. The molecule has 2 aromatic rings. The van der Waals surface area contributed by atoms with Crippen molar-refractivity contribution in [2.24, 2.45) is 0 Å². The molecule has 19 heavy (non-hydrogen) atoms. The zero-order valence-electron chi connectivity index (χ0n) is 11.5. The van der Waals surface area contributed by atoms with E-state index in [0.29, 0.717) is 0 Å². The molecule has 0 radical (unpaired) electrons. The molecule has 0 bridgehead atoms. The summed E-state index contributed by atoms with van der Waals surface area (Å²) in [6.45, 7) is 5.26. The standard InChI is InChI=1S/C14H19N3OS/c1-4-9-15-10(2)13-16-17-14(19-13)11-7-5-6-8-12(11)18-3/h5-8,10,15H,4,9H2,1-3H3. The Morgan fingerprint density at radius 2 is 2.11 bits per heavy atom. The van der Waals surface area contributed by atoms with Crippen LogP contribution in [0, 0.1) is 0 Å². The second kappa shape index (κ2) is 6.63. The molecule has 102 valence electrons. The van der Waals surface area contributed by atoms with E-state index in [-0.39, 0.29) is 6.04 Å². The van der Waals surface area contributed by atoms with Gasteiger partial charge in [0.2, 0.25) is 0 Å². The monoisotopic (exact) mass is 277 g/mol. The largest absolute Gasteiger partial charge is 0.496 e. The summed E-state index contributed by atoms with van der Waals surface area (Å²) in [5.41, 5.74) is 0.997. The number of nitrogens with one attached hydrogen (secondary N) is 1. The summed E-state index contributed by atoms with van der Waals surface area (Å²) in [5, 5.41) is 13.9. The summed E-state index contributed by atoms with van der Waals surface area (Å²) in [7, 11) is 1.67. The Balaban J connectivity index is 2.20. The molecule has 1 heterocycles. The van der Waals surface area contributed by atoms with Crippen molar-refractivity contribution in [1.29, 1.82) is 0 Å². The van der Waals surface area contributed by atoms with Gasteiger partial charge in [-0.25, -0.2) is 0 Å². The van der Waals surface area contributed by atoms with Gasteiger partial charge in [0.1, 0.15) is 10.8 Å². The van der Waals surface area contributed by atoms with Crippen LogP contribution in [0.5, 0.6) is 5.75 Å². The lowest BCUT2D eigenvalue weighted by Gasteiger charge is -2.08. The van der Waals surface area contributed by atoms with Crippen LogP contribution >= 0.6 is 11.3 Å². The van der Waals surface area contributed by atoms with Crippen LogP contribution in [0.4, 0.5) is 0 Å². The van der Waals surface area contributed by atoms with Gasteiger partial charge in [-0.3, -0.25) is 0 Å². The summed E-state index contributed by atoms with van der Waals surface area (Å²) in [6, 6.07) is 8.12. The van der Waals surface area contributed by atoms with E-state index in [2.05, 4.69) is 29.4 Å². The van der Waals surface area contributed by atoms with Crippen molar-refractivity contribution in [3.8, 4) is 16.3 Å². The van der Waals surface area contributed by atoms with Crippen molar-refractivity contribution in [2.75, 3.05) is 13.7 Å². The molecule has 1 unspecified atom stereocenters. The highest BCUT2D eigenvalue weighted by molar-refractivity contribution is 7.14. The summed E-state index contributed by atoms with van der Waals surface area (Å²) < 4.78 is 5.36. The van der Waals surface area contributed by atoms with E-state index in [0.717, 1.165) is 34.3 Å². The number of para-hydroxylation sites is 1. The summed E-state index contributed by atoms with van der Waals surface area (Å²) in [6.07, 6.45) is 1.11. The van der Waals surface area contributed by atoms with Crippen LogP contribution in [-0.2, 0) is 0 Å². The summed E-state index contributed by atoms with van der Waals surface area (Å²) in [4.78, 5) is 0. The van der Waals surface area contributed by atoms with Crippen LogP contribution < -0.4 is 10.1 Å². The molecule has 1 aromatic heterocycles. The number of hydrogen-bond acceptors (Lipinski definition) is 5. The first-order valence-electron chi connectivity index (χ1n) is 6.46. The van der Waals surface area contributed by atoms with Gasteiger partial charge in [0.15, 0.2) is 5.01 Å². The Hall–Kier alpha value is -1.46. The van der Waals surface area contributed by atoms with E-state index in [9.17, 15) is 0 Å². The lowest BCUT2D eigenvalue weighted by atomic mass is 10.2. The molecule has 0 saturated heterocycles. The minimum absolute atomic E-state index is 0.237. The van der Waals surface area contributed by atoms with Gasteiger partial charge in [-0.05, 0) is 32.0 Å². The van der Waals surface area contributed by atoms with Gasteiger partial charge < -0.3 is 10.1 Å². The summed E-state index contributed by atoms with van der Waals surface area (Å²) >= 11 is 1.61. The third-order valence-electron chi connectivity index (χ3n) is 2.85. The number of hydrogen-bond donors (Lipinski definition) is 1. The minimum Gasteiger partial charge on any atom is -0.496 e. The highest BCUT2D eigenvalue weighted by Crippen LogP contribution is 2.33. The molecule has 5 heteroatoms. The highest BCUT2D eigenvalue weighted by atomic mass is 32.1. The first kappa shape index (κ1) is 14.0. The van der Waals surface area contributed by atoms with E-state index in [1.165, 1.54) is 0 Å². The molecule has 1 N–H and O–H groups in total. The van der Waals surface area contributed by atoms with Gasteiger partial charge in [0, 0.05) is 0 Å². The zero-order chi connectivity index (χ0) is 13.7. The smallest absolute Gasteiger partial charge is 0.151 e. The zero-order valence-corrected chi connectivity index (χ0v) is 12.3. The maximum absolute atomic E-state index is 5.36. The Kier molecular flexibility index (Phi) is 4.87. The Morgan fingerprint density at radius 1 is 1.32 bits per heavy atom. The number of methoxy groups -OCH3 is 1. The minimum atomic E-state index is 0.237. The molecule has 0 amide bonds. The molecule has 0 saturated carbocycles. The Morgan fingerprint density at radius 3 is 2.84 bits per heavy atom. The first-order chi connectivity index (χ1) is 9.26. The van der Waals surface area contributed by atoms with Gasteiger partial charge in [-0.1, -0.05) is 30.4 Å². The van der Waals surface area contributed by atoms with Crippen molar-refractivity contribution < 1.29 is 4.74 Å². The van der Waals surface area contributed by atoms with Gasteiger partial charge in [-0.15, -0.1) is 10.2 Å². The average molecular weight is 277 g/mol. The molecule has 4 nitrogen and oxygen atoms in total. The Bertz CT molecular complexity index is 527. The molecule has 0 aliphatic carbocycles. The molecule has 0 aliphatic rings. The van der Waals surface area contributed by atoms with Crippen LogP contribution in [0.2, 0.25) is 0 Å². The van der Waals surface area contributed by atoms with Crippen LogP contribution in [0.25, 0.3) is 10.6 Å². The third-order valence-corrected chi connectivity index (χ3v) is 3.99. The predicted octanol–water partition coefficient (Wildman–Crippen LogP) is 3.27. The van der Waals surface area contributed by atoms with Crippen molar-refractivity contribution in [2.45, 2.75) is 26.3 Å². The van der Waals surface area contributed by atoms with Gasteiger partial charge in [0.05, 0.1) is 18.7 Å². The lowest BCUT2D eigenvalue weighted by Crippen LogP contribution is -2.18. The fourth-order valence-electron chi connectivity index (χ4n) is 1.79. The topological polar surface area (TPSA) is 47.0 Å². The number of aromatic nitrogens is 2. The Labute approximate surface area is 117 Å². The highest BCUT2D eigenvalue weighted by Gasteiger charge is 2.14. The fraction of sp³-hybridized carbons (Fsp3) is 0.429. The first-order valence-corrected chi connectivity index (χ1v) is 7.28. The number of benzene rings is 1. The van der Waals surface area contributed by atoms with Crippen LogP contribution in [0.15, 0.2) is 24.3 Å². The SMILES string of the molecule is CCCNC(C)c1nnc(-c2ccccc2OC)s1. The lowest BCUT2D eigenvalue weighted by molar-refractivity contribution is 0.416. The molecule has 1 atom stereocenters. The molecular formula is C14H19N3OS. The molecule has 1 aromatic carbocycles. The van der Waals surface area contributed by atoms with Gasteiger partial charge in [0.25, 0.3) is 0 Å². The molecule has 2 rings (SSSR count). The summed E-state index contributed by atoms with van der Waals surface area (Å²) in [5.74, 6) is 0.833. The molecule has 0 spiro atoms. The average Bonchev–Trinajstić information content (AvgIpc) is 2.94. The van der Waals surface area contributed by atoms with Gasteiger partial charge in [-0.2, -0.15) is 0 Å². The predicted molar refractivity (Wildman–Crippen MR) is 78.6 cm³/mol. The van der Waals surface area contributed by atoms with Crippen molar-refractivity contribution in [1.82, 2.24) is 15.5 Å². The van der Waals surface area contributed by atoms with Crippen LogP contribution in [0.1, 0.15) is 31.3 Å². The van der Waals surface area contributed by atoms with Gasteiger partial charge >= 0.3 is 0 Å². The van der Waals surface area contributed by atoms with E-state index in [4.69, 9.17) is 4.74 Å². The quantitative estimate of drug-likeness (QED) is 0.880. The van der Waals surface area contributed by atoms with Crippen molar-refractivity contribution >= 4 is 11.3 Å². The van der Waals surface area contributed by atoms with Crippen molar-refractivity contribution in [3.05, 3.63) is 29.3 Å². The molecule has 0 aliphatic heterocycles. The molecule has 0 fully saturated rings. The van der Waals surface area contributed by atoms with Crippen LogP contribution in [-0.4, -0.2) is 23.9 Å².